The van der Waals surface area contributed by atoms with E-state index in [0.29, 0.717) is 12.2 Å². The summed E-state index contributed by atoms with van der Waals surface area (Å²) >= 11 is 0. The van der Waals surface area contributed by atoms with Gasteiger partial charge in [0, 0.05) is 12.6 Å². The van der Waals surface area contributed by atoms with E-state index in [-0.39, 0.29) is 17.3 Å². The molecule has 0 fully saturated rings. The summed E-state index contributed by atoms with van der Waals surface area (Å²) < 4.78 is 29.7. The van der Waals surface area contributed by atoms with E-state index in [2.05, 4.69) is 0 Å². The van der Waals surface area contributed by atoms with Crippen molar-refractivity contribution in [3.8, 4) is 5.69 Å². The van der Waals surface area contributed by atoms with Crippen molar-refractivity contribution in [2.45, 2.75) is 33.2 Å². The van der Waals surface area contributed by atoms with Gasteiger partial charge < -0.3 is 5.73 Å². The molecule has 2 aromatic rings. The van der Waals surface area contributed by atoms with Crippen molar-refractivity contribution >= 4 is 5.69 Å². The molecule has 2 N–H and O–H groups in total. The third-order valence-corrected chi connectivity index (χ3v) is 3.20. The molecule has 2 rings (SSSR count). The zero-order chi connectivity index (χ0) is 15.0. The molecule has 1 aromatic heterocycles. The second kappa shape index (κ2) is 5.11. The molecule has 4 nitrogen and oxygen atoms in total. The van der Waals surface area contributed by atoms with Crippen LogP contribution in [0.2, 0.25) is 0 Å². The molecule has 0 bridgehead atoms. The summed E-state index contributed by atoms with van der Waals surface area (Å²) in [4.78, 5) is 12.3. The van der Waals surface area contributed by atoms with Crippen LogP contribution in [0.25, 0.3) is 5.69 Å². The van der Waals surface area contributed by atoms with Crippen LogP contribution in [0.15, 0.2) is 23.0 Å². The Morgan fingerprint density at radius 3 is 2.45 bits per heavy atom. The normalized spacial score (nSPS) is 11.3. The van der Waals surface area contributed by atoms with Crippen LogP contribution in [0.1, 0.15) is 32.4 Å². The van der Waals surface area contributed by atoms with Crippen LogP contribution in [0.3, 0.4) is 0 Å². The topological polar surface area (TPSA) is 52.9 Å². The lowest BCUT2D eigenvalue weighted by Crippen LogP contribution is -2.23. The molecule has 0 aliphatic rings. The molecule has 0 spiro atoms. The fraction of sp³-hybridized carbons (Fsp3) is 0.357. The fourth-order valence-electron chi connectivity index (χ4n) is 2.39. The maximum absolute atomic E-state index is 13.9. The number of anilines is 1. The number of nitrogen functional groups attached to an aromatic ring is 1. The summed E-state index contributed by atoms with van der Waals surface area (Å²) in [6.07, 6.45) is 0. The van der Waals surface area contributed by atoms with E-state index >= 15 is 0 Å². The summed E-state index contributed by atoms with van der Waals surface area (Å²) in [6.45, 7) is 6.10. The average molecular weight is 281 g/mol. The van der Waals surface area contributed by atoms with Gasteiger partial charge in [-0.25, -0.2) is 13.5 Å². The molecule has 0 aliphatic carbocycles. The minimum atomic E-state index is -0.797. The Kier molecular flexibility index (Phi) is 3.65. The molecule has 0 atom stereocenters. The third-order valence-electron chi connectivity index (χ3n) is 3.20. The van der Waals surface area contributed by atoms with Crippen molar-refractivity contribution in [2.24, 2.45) is 0 Å². The van der Waals surface area contributed by atoms with Gasteiger partial charge in [-0.05, 0) is 25.0 Å². The molecule has 108 valence electrons. The number of benzene rings is 1. The predicted octanol–water partition coefficient (Wildman–Crippen LogP) is 2.64. The number of nitrogens with two attached hydrogens (primary N) is 1. The van der Waals surface area contributed by atoms with E-state index in [9.17, 15) is 13.6 Å². The Labute approximate surface area is 115 Å². The highest BCUT2D eigenvalue weighted by Crippen LogP contribution is 2.23. The molecular weight excluding hydrogens is 264 g/mol. The van der Waals surface area contributed by atoms with E-state index in [1.165, 1.54) is 10.7 Å². The van der Waals surface area contributed by atoms with Crippen LogP contribution in [-0.4, -0.2) is 9.36 Å². The smallest absolute Gasteiger partial charge is 0.294 e. The molecule has 1 heterocycles. The van der Waals surface area contributed by atoms with Crippen molar-refractivity contribution in [3.63, 3.8) is 0 Å². The molecular formula is C14H17F2N3O. The van der Waals surface area contributed by atoms with Crippen LogP contribution >= 0.6 is 0 Å². The minimum absolute atomic E-state index is 0.00292. The highest BCUT2D eigenvalue weighted by Gasteiger charge is 2.21. The Bertz CT molecular complexity index is 701. The standard InChI is InChI=1S/C14H17F2N3O/c1-4-18-13(8(2)3)12(17)14(20)19(18)11-6-5-9(15)7-10(11)16/h5-8H,4,17H2,1-3H3. The van der Waals surface area contributed by atoms with Gasteiger partial charge in [-0.3, -0.25) is 9.48 Å². The zero-order valence-electron chi connectivity index (χ0n) is 11.7. The van der Waals surface area contributed by atoms with E-state index in [1.807, 2.05) is 20.8 Å². The van der Waals surface area contributed by atoms with Crippen molar-refractivity contribution in [2.75, 3.05) is 5.73 Å². The molecule has 0 saturated carbocycles. The number of nitrogens with zero attached hydrogens (tertiary/aromatic N) is 2. The van der Waals surface area contributed by atoms with Crippen molar-refractivity contribution in [1.82, 2.24) is 9.36 Å². The SMILES string of the molecule is CCn1c(C(C)C)c(N)c(=O)n1-c1ccc(F)cc1F. The summed E-state index contributed by atoms with van der Waals surface area (Å²) in [5.41, 5.74) is 6.12. The van der Waals surface area contributed by atoms with Gasteiger partial charge in [-0.2, -0.15) is 0 Å². The zero-order valence-corrected chi connectivity index (χ0v) is 11.7. The van der Waals surface area contributed by atoms with Gasteiger partial charge >= 0.3 is 0 Å². The van der Waals surface area contributed by atoms with Crippen LogP contribution in [0, 0.1) is 11.6 Å². The highest BCUT2D eigenvalue weighted by atomic mass is 19.1. The minimum Gasteiger partial charge on any atom is -0.393 e. The predicted molar refractivity (Wildman–Crippen MR) is 74.1 cm³/mol. The number of hydrogen-bond acceptors (Lipinski definition) is 2. The van der Waals surface area contributed by atoms with E-state index in [1.54, 1.807) is 4.68 Å². The van der Waals surface area contributed by atoms with Crippen LogP contribution in [0.4, 0.5) is 14.5 Å². The van der Waals surface area contributed by atoms with Crippen molar-refractivity contribution in [1.29, 1.82) is 0 Å². The quantitative estimate of drug-likeness (QED) is 0.940. The second-order valence-corrected chi connectivity index (χ2v) is 4.88. The van der Waals surface area contributed by atoms with Gasteiger partial charge in [-0.15, -0.1) is 0 Å². The van der Waals surface area contributed by atoms with E-state index in [4.69, 9.17) is 5.73 Å². The monoisotopic (exact) mass is 281 g/mol. The molecule has 0 amide bonds. The van der Waals surface area contributed by atoms with Gasteiger partial charge in [0.2, 0.25) is 0 Å². The Morgan fingerprint density at radius 1 is 1.30 bits per heavy atom. The number of hydrogen-bond donors (Lipinski definition) is 1. The molecule has 1 aromatic carbocycles. The third kappa shape index (κ3) is 2.11. The fourth-order valence-corrected chi connectivity index (χ4v) is 2.39. The number of aromatic nitrogens is 2. The molecule has 0 aliphatic heterocycles. The first kappa shape index (κ1) is 14.3. The summed E-state index contributed by atoms with van der Waals surface area (Å²) in [5.74, 6) is -1.46. The first-order valence-corrected chi connectivity index (χ1v) is 6.45. The summed E-state index contributed by atoms with van der Waals surface area (Å²) in [5, 5.41) is 0. The van der Waals surface area contributed by atoms with Crippen molar-refractivity contribution in [3.05, 3.63) is 45.9 Å². The van der Waals surface area contributed by atoms with Crippen LogP contribution in [-0.2, 0) is 6.54 Å². The summed E-state index contributed by atoms with van der Waals surface area (Å²) in [7, 11) is 0. The molecule has 0 radical (unpaired) electrons. The van der Waals surface area contributed by atoms with Crippen molar-refractivity contribution < 1.29 is 8.78 Å². The highest BCUT2D eigenvalue weighted by molar-refractivity contribution is 5.47. The Hall–Kier alpha value is -2.11. The van der Waals surface area contributed by atoms with Gasteiger partial charge in [0.1, 0.15) is 17.2 Å². The lowest BCUT2D eigenvalue weighted by Gasteiger charge is -2.15. The number of halogens is 2. The first-order chi connectivity index (χ1) is 9.38. The lowest BCUT2D eigenvalue weighted by atomic mass is 10.1. The van der Waals surface area contributed by atoms with Gasteiger partial charge in [0.15, 0.2) is 5.82 Å². The van der Waals surface area contributed by atoms with Gasteiger partial charge in [0.05, 0.1) is 5.69 Å². The first-order valence-electron chi connectivity index (χ1n) is 6.45. The Balaban J connectivity index is 2.81. The lowest BCUT2D eigenvalue weighted by molar-refractivity contribution is 0.509. The summed E-state index contributed by atoms with van der Waals surface area (Å²) in [6, 6.07) is 3.10. The Morgan fingerprint density at radius 2 is 1.95 bits per heavy atom. The maximum atomic E-state index is 13.9. The molecule has 20 heavy (non-hydrogen) atoms. The van der Waals surface area contributed by atoms with E-state index in [0.717, 1.165) is 12.1 Å². The largest absolute Gasteiger partial charge is 0.393 e. The maximum Gasteiger partial charge on any atom is 0.294 e. The van der Waals surface area contributed by atoms with Crippen LogP contribution in [0.5, 0.6) is 0 Å². The molecule has 0 saturated heterocycles. The van der Waals surface area contributed by atoms with E-state index < -0.39 is 17.2 Å². The second-order valence-electron chi connectivity index (χ2n) is 4.88. The van der Waals surface area contributed by atoms with Gasteiger partial charge in [0.25, 0.3) is 5.56 Å². The van der Waals surface area contributed by atoms with Gasteiger partial charge in [-0.1, -0.05) is 13.8 Å². The average Bonchev–Trinajstić information content (AvgIpc) is 2.62. The molecule has 0 unspecified atom stereocenters. The molecule has 6 heteroatoms. The van der Waals surface area contributed by atoms with Crippen LogP contribution < -0.4 is 11.3 Å². The number of rotatable bonds is 3.